The van der Waals surface area contributed by atoms with Gasteiger partial charge < -0.3 is 20.4 Å². The normalized spacial score (nSPS) is 11.2. The Balaban J connectivity index is 2.21. The van der Waals surface area contributed by atoms with Crippen LogP contribution in [-0.4, -0.2) is 18.2 Å². The summed E-state index contributed by atoms with van der Waals surface area (Å²) in [6.07, 6.45) is 0. The molecule has 110 valence electrons. The van der Waals surface area contributed by atoms with E-state index in [4.69, 9.17) is 20.4 Å². The van der Waals surface area contributed by atoms with Crippen molar-refractivity contribution in [3.8, 4) is 11.5 Å². The number of aryl methyl sites for hydroxylation is 1. The van der Waals surface area contributed by atoms with E-state index < -0.39 is 0 Å². The fraction of sp³-hybridized carbons (Fsp3) is 0.188. The van der Waals surface area contributed by atoms with Gasteiger partial charge in [-0.2, -0.15) is 0 Å². The van der Waals surface area contributed by atoms with Crippen molar-refractivity contribution >= 4 is 5.84 Å². The van der Waals surface area contributed by atoms with E-state index in [1.54, 1.807) is 25.3 Å². The molecule has 0 saturated carbocycles. The molecular formula is C16H18N2O3. The molecule has 2 rings (SSSR count). The van der Waals surface area contributed by atoms with Crippen molar-refractivity contribution in [3.05, 3.63) is 59.2 Å². The number of benzene rings is 2. The summed E-state index contributed by atoms with van der Waals surface area (Å²) in [6, 6.07) is 13.1. The summed E-state index contributed by atoms with van der Waals surface area (Å²) in [7, 11) is 1.59. The lowest BCUT2D eigenvalue weighted by atomic mass is 10.1. The van der Waals surface area contributed by atoms with E-state index in [2.05, 4.69) is 5.16 Å². The number of oxime groups is 1. The summed E-state index contributed by atoms with van der Waals surface area (Å²) in [5.41, 5.74) is 8.16. The van der Waals surface area contributed by atoms with Crippen LogP contribution in [0.15, 0.2) is 47.6 Å². The monoisotopic (exact) mass is 286 g/mol. The Labute approximate surface area is 123 Å². The van der Waals surface area contributed by atoms with Crippen LogP contribution in [0.5, 0.6) is 11.5 Å². The summed E-state index contributed by atoms with van der Waals surface area (Å²) in [6.45, 7) is 2.34. The SMILES string of the molecule is COc1ccc(/C(N)=N/O)cc1COc1cccc(C)c1. The van der Waals surface area contributed by atoms with Gasteiger partial charge in [-0.15, -0.1) is 0 Å². The lowest BCUT2D eigenvalue weighted by molar-refractivity contribution is 0.296. The van der Waals surface area contributed by atoms with Crippen molar-refractivity contribution in [2.24, 2.45) is 10.9 Å². The van der Waals surface area contributed by atoms with Gasteiger partial charge in [0.2, 0.25) is 0 Å². The summed E-state index contributed by atoms with van der Waals surface area (Å²) < 4.78 is 11.1. The minimum atomic E-state index is 0.0504. The first-order valence-electron chi connectivity index (χ1n) is 6.48. The van der Waals surface area contributed by atoms with Crippen molar-refractivity contribution in [2.45, 2.75) is 13.5 Å². The van der Waals surface area contributed by atoms with Gasteiger partial charge in [0.15, 0.2) is 5.84 Å². The number of rotatable bonds is 5. The van der Waals surface area contributed by atoms with Crippen LogP contribution >= 0.6 is 0 Å². The maximum Gasteiger partial charge on any atom is 0.170 e. The molecule has 0 aromatic heterocycles. The molecule has 2 aromatic carbocycles. The van der Waals surface area contributed by atoms with E-state index in [1.165, 1.54) is 0 Å². The largest absolute Gasteiger partial charge is 0.496 e. The van der Waals surface area contributed by atoms with E-state index in [0.29, 0.717) is 17.9 Å². The van der Waals surface area contributed by atoms with Crippen molar-refractivity contribution in [1.82, 2.24) is 0 Å². The van der Waals surface area contributed by atoms with Gasteiger partial charge in [0.1, 0.15) is 18.1 Å². The van der Waals surface area contributed by atoms with Gasteiger partial charge >= 0.3 is 0 Å². The number of hydrogen-bond donors (Lipinski definition) is 2. The van der Waals surface area contributed by atoms with Crippen LogP contribution in [0.2, 0.25) is 0 Å². The third-order valence-electron chi connectivity index (χ3n) is 3.07. The smallest absolute Gasteiger partial charge is 0.170 e. The summed E-state index contributed by atoms with van der Waals surface area (Å²) in [5, 5.41) is 11.7. The van der Waals surface area contributed by atoms with Gasteiger partial charge in [0.25, 0.3) is 0 Å². The maximum atomic E-state index is 8.74. The van der Waals surface area contributed by atoms with Gasteiger partial charge in [-0.25, -0.2) is 0 Å². The Hall–Kier alpha value is -2.69. The fourth-order valence-electron chi connectivity index (χ4n) is 1.97. The van der Waals surface area contributed by atoms with Gasteiger partial charge in [0, 0.05) is 11.1 Å². The highest BCUT2D eigenvalue weighted by Crippen LogP contribution is 2.22. The maximum absolute atomic E-state index is 8.74. The first-order chi connectivity index (χ1) is 10.1. The van der Waals surface area contributed by atoms with E-state index in [9.17, 15) is 0 Å². The molecule has 0 bridgehead atoms. The minimum absolute atomic E-state index is 0.0504. The molecule has 0 fully saturated rings. The quantitative estimate of drug-likeness (QED) is 0.383. The Morgan fingerprint density at radius 1 is 1.24 bits per heavy atom. The van der Waals surface area contributed by atoms with Crippen molar-refractivity contribution < 1.29 is 14.7 Å². The van der Waals surface area contributed by atoms with E-state index in [-0.39, 0.29) is 5.84 Å². The Morgan fingerprint density at radius 2 is 2.05 bits per heavy atom. The van der Waals surface area contributed by atoms with Crippen molar-refractivity contribution in [2.75, 3.05) is 7.11 Å². The first-order valence-corrected chi connectivity index (χ1v) is 6.48. The molecule has 5 heteroatoms. The predicted octanol–water partition coefficient (Wildman–Crippen LogP) is 2.68. The minimum Gasteiger partial charge on any atom is -0.496 e. The lowest BCUT2D eigenvalue weighted by Crippen LogP contribution is -2.13. The number of amidine groups is 1. The Bertz CT molecular complexity index is 654. The number of nitrogens with zero attached hydrogens (tertiary/aromatic N) is 1. The van der Waals surface area contributed by atoms with Crippen molar-refractivity contribution in [3.63, 3.8) is 0 Å². The van der Waals surface area contributed by atoms with Gasteiger partial charge in [-0.1, -0.05) is 17.3 Å². The molecule has 3 N–H and O–H groups in total. The van der Waals surface area contributed by atoms with E-state index >= 15 is 0 Å². The molecular weight excluding hydrogens is 268 g/mol. The Morgan fingerprint density at radius 3 is 2.71 bits per heavy atom. The molecule has 2 aromatic rings. The highest BCUT2D eigenvalue weighted by Gasteiger charge is 2.08. The average molecular weight is 286 g/mol. The van der Waals surface area contributed by atoms with Crippen LogP contribution in [0.25, 0.3) is 0 Å². The zero-order valence-corrected chi connectivity index (χ0v) is 12.0. The number of hydrogen-bond acceptors (Lipinski definition) is 4. The second-order valence-corrected chi connectivity index (χ2v) is 4.62. The first kappa shape index (κ1) is 14.7. The van der Waals surface area contributed by atoms with Crippen LogP contribution in [0.1, 0.15) is 16.7 Å². The molecule has 0 heterocycles. The zero-order chi connectivity index (χ0) is 15.2. The molecule has 0 aliphatic heterocycles. The molecule has 0 atom stereocenters. The van der Waals surface area contributed by atoms with Crippen LogP contribution in [0.4, 0.5) is 0 Å². The molecule has 21 heavy (non-hydrogen) atoms. The average Bonchev–Trinajstić information content (AvgIpc) is 2.52. The molecule has 0 amide bonds. The van der Waals surface area contributed by atoms with E-state index in [0.717, 1.165) is 16.9 Å². The Kier molecular flexibility index (Phi) is 4.66. The number of ether oxygens (including phenoxy) is 2. The molecule has 0 saturated heterocycles. The number of nitrogens with two attached hydrogens (primary N) is 1. The summed E-state index contributed by atoms with van der Waals surface area (Å²) in [5.74, 6) is 1.53. The highest BCUT2D eigenvalue weighted by atomic mass is 16.5. The highest BCUT2D eigenvalue weighted by molar-refractivity contribution is 5.97. The molecule has 0 aliphatic rings. The lowest BCUT2D eigenvalue weighted by Gasteiger charge is -2.12. The van der Waals surface area contributed by atoms with Crippen LogP contribution < -0.4 is 15.2 Å². The van der Waals surface area contributed by atoms with E-state index in [1.807, 2.05) is 31.2 Å². The van der Waals surface area contributed by atoms with Crippen molar-refractivity contribution in [1.29, 1.82) is 0 Å². The predicted molar refractivity (Wildman–Crippen MR) is 81.0 cm³/mol. The molecule has 5 nitrogen and oxygen atoms in total. The third kappa shape index (κ3) is 3.66. The van der Waals surface area contributed by atoms with Crippen LogP contribution in [0.3, 0.4) is 0 Å². The zero-order valence-electron chi connectivity index (χ0n) is 12.0. The number of methoxy groups -OCH3 is 1. The third-order valence-corrected chi connectivity index (χ3v) is 3.07. The molecule has 0 aliphatic carbocycles. The van der Waals surface area contributed by atoms with Gasteiger partial charge in [-0.05, 0) is 42.8 Å². The topological polar surface area (TPSA) is 77.1 Å². The van der Waals surface area contributed by atoms with Crippen LogP contribution in [-0.2, 0) is 6.61 Å². The fourth-order valence-corrected chi connectivity index (χ4v) is 1.97. The van der Waals surface area contributed by atoms with Crippen LogP contribution in [0, 0.1) is 6.92 Å². The second-order valence-electron chi connectivity index (χ2n) is 4.62. The standard InChI is InChI=1S/C16H18N2O3/c1-11-4-3-5-14(8-11)21-10-13-9-12(16(17)18-19)6-7-15(13)20-2/h3-9,19H,10H2,1-2H3,(H2,17,18). The summed E-state index contributed by atoms with van der Waals surface area (Å²) in [4.78, 5) is 0. The second kappa shape index (κ2) is 6.65. The van der Waals surface area contributed by atoms with Gasteiger partial charge in [0.05, 0.1) is 7.11 Å². The molecule has 0 radical (unpaired) electrons. The van der Waals surface area contributed by atoms with Gasteiger partial charge in [-0.3, -0.25) is 0 Å². The molecule has 0 spiro atoms. The summed E-state index contributed by atoms with van der Waals surface area (Å²) >= 11 is 0. The molecule has 0 unspecified atom stereocenters.